The van der Waals surface area contributed by atoms with Gasteiger partial charge in [-0.1, -0.05) is 33.6 Å². The van der Waals surface area contributed by atoms with E-state index in [4.69, 9.17) is 5.73 Å². The van der Waals surface area contributed by atoms with Crippen LogP contribution in [0.1, 0.15) is 52.3 Å². The standard InChI is InChI=1S/C15H28N4/c1-4-12-5-6-13(7-12)14(16)8-15-17-10-18-19(15)9-11(2)3/h10-14H,4-9,16H2,1-3H3. The highest BCUT2D eigenvalue weighted by Gasteiger charge is 2.28. The van der Waals surface area contributed by atoms with Crippen molar-refractivity contribution in [3.8, 4) is 0 Å². The van der Waals surface area contributed by atoms with Crippen molar-refractivity contribution in [3.63, 3.8) is 0 Å². The topological polar surface area (TPSA) is 56.7 Å². The third kappa shape index (κ3) is 3.78. The van der Waals surface area contributed by atoms with Gasteiger partial charge in [-0.2, -0.15) is 5.10 Å². The summed E-state index contributed by atoms with van der Waals surface area (Å²) in [5.74, 6) is 3.22. The van der Waals surface area contributed by atoms with E-state index in [1.54, 1.807) is 6.33 Å². The molecule has 1 fully saturated rings. The van der Waals surface area contributed by atoms with E-state index in [1.165, 1.54) is 25.7 Å². The maximum Gasteiger partial charge on any atom is 0.138 e. The maximum atomic E-state index is 6.41. The van der Waals surface area contributed by atoms with Crippen LogP contribution in [0.5, 0.6) is 0 Å². The molecule has 0 aliphatic heterocycles. The Morgan fingerprint density at radius 2 is 2.21 bits per heavy atom. The van der Waals surface area contributed by atoms with Crippen molar-refractivity contribution in [2.75, 3.05) is 0 Å². The number of aromatic nitrogens is 3. The van der Waals surface area contributed by atoms with Crippen molar-refractivity contribution in [2.45, 2.75) is 65.5 Å². The van der Waals surface area contributed by atoms with E-state index in [0.717, 1.165) is 24.7 Å². The van der Waals surface area contributed by atoms with Gasteiger partial charge in [0.05, 0.1) is 0 Å². The Morgan fingerprint density at radius 3 is 2.84 bits per heavy atom. The Bertz CT molecular complexity index is 385. The van der Waals surface area contributed by atoms with E-state index >= 15 is 0 Å². The van der Waals surface area contributed by atoms with E-state index in [2.05, 4.69) is 30.9 Å². The van der Waals surface area contributed by atoms with Gasteiger partial charge in [0.25, 0.3) is 0 Å². The summed E-state index contributed by atoms with van der Waals surface area (Å²) in [6, 6.07) is 0.242. The zero-order chi connectivity index (χ0) is 13.8. The summed E-state index contributed by atoms with van der Waals surface area (Å²) >= 11 is 0. The molecule has 0 aromatic carbocycles. The molecule has 3 unspecified atom stereocenters. The van der Waals surface area contributed by atoms with Crippen LogP contribution in [0.25, 0.3) is 0 Å². The molecule has 1 aliphatic carbocycles. The number of hydrogen-bond donors (Lipinski definition) is 1. The molecule has 4 heteroatoms. The van der Waals surface area contributed by atoms with Gasteiger partial charge in [0.1, 0.15) is 12.2 Å². The van der Waals surface area contributed by atoms with E-state index in [1.807, 2.05) is 4.68 Å². The fourth-order valence-electron chi connectivity index (χ4n) is 3.20. The van der Waals surface area contributed by atoms with Crippen LogP contribution in [-0.4, -0.2) is 20.8 Å². The highest BCUT2D eigenvalue weighted by Crippen LogP contribution is 2.34. The van der Waals surface area contributed by atoms with Crippen molar-refractivity contribution in [3.05, 3.63) is 12.2 Å². The number of rotatable bonds is 6. The van der Waals surface area contributed by atoms with Crippen LogP contribution in [0, 0.1) is 17.8 Å². The normalized spacial score (nSPS) is 25.1. The molecule has 2 rings (SSSR count). The Labute approximate surface area is 116 Å². The van der Waals surface area contributed by atoms with Crippen LogP contribution in [0.15, 0.2) is 6.33 Å². The maximum absolute atomic E-state index is 6.41. The van der Waals surface area contributed by atoms with E-state index in [9.17, 15) is 0 Å². The largest absolute Gasteiger partial charge is 0.327 e. The van der Waals surface area contributed by atoms with Crippen LogP contribution in [0.4, 0.5) is 0 Å². The molecular formula is C15H28N4. The molecule has 1 aromatic heterocycles. The minimum atomic E-state index is 0.242. The van der Waals surface area contributed by atoms with Crippen molar-refractivity contribution in [1.82, 2.24) is 14.8 Å². The fraction of sp³-hybridized carbons (Fsp3) is 0.867. The Morgan fingerprint density at radius 1 is 1.42 bits per heavy atom. The van der Waals surface area contributed by atoms with Gasteiger partial charge < -0.3 is 5.73 Å². The Balaban J connectivity index is 1.92. The molecule has 0 amide bonds. The first-order valence-corrected chi connectivity index (χ1v) is 7.72. The lowest BCUT2D eigenvalue weighted by atomic mass is 9.94. The van der Waals surface area contributed by atoms with Crippen LogP contribution in [-0.2, 0) is 13.0 Å². The second kappa shape index (κ2) is 6.51. The zero-order valence-corrected chi connectivity index (χ0v) is 12.5. The predicted octanol–water partition coefficient (Wildman–Crippen LogP) is 2.63. The van der Waals surface area contributed by atoms with Gasteiger partial charge in [-0.3, -0.25) is 0 Å². The molecule has 4 nitrogen and oxygen atoms in total. The van der Waals surface area contributed by atoms with Gasteiger partial charge >= 0.3 is 0 Å². The van der Waals surface area contributed by atoms with E-state index in [-0.39, 0.29) is 6.04 Å². The SMILES string of the molecule is CCC1CCC(C(N)Cc2ncnn2CC(C)C)C1. The van der Waals surface area contributed by atoms with E-state index in [0.29, 0.717) is 11.8 Å². The smallest absolute Gasteiger partial charge is 0.138 e. The summed E-state index contributed by atoms with van der Waals surface area (Å²) in [5.41, 5.74) is 6.41. The zero-order valence-electron chi connectivity index (χ0n) is 12.5. The summed E-state index contributed by atoms with van der Waals surface area (Å²) in [7, 11) is 0. The third-order valence-corrected chi connectivity index (χ3v) is 4.42. The Kier molecular flexibility index (Phi) is 4.97. The molecule has 1 heterocycles. The van der Waals surface area contributed by atoms with Crippen LogP contribution < -0.4 is 5.73 Å². The molecule has 108 valence electrons. The first-order chi connectivity index (χ1) is 9.10. The van der Waals surface area contributed by atoms with Crippen molar-refractivity contribution in [1.29, 1.82) is 0 Å². The van der Waals surface area contributed by atoms with Crippen LogP contribution >= 0.6 is 0 Å². The minimum Gasteiger partial charge on any atom is -0.327 e. The average Bonchev–Trinajstić information content (AvgIpc) is 2.98. The first kappa shape index (κ1) is 14.5. The molecule has 0 radical (unpaired) electrons. The lowest BCUT2D eigenvalue weighted by Gasteiger charge is -2.19. The second-order valence-electron chi connectivity index (χ2n) is 6.47. The minimum absolute atomic E-state index is 0.242. The third-order valence-electron chi connectivity index (χ3n) is 4.42. The lowest BCUT2D eigenvalue weighted by Crippen LogP contribution is -2.32. The molecule has 0 spiro atoms. The van der Waals surface area contributed by atoms with Gasteiger partial charge in [0.15, 0.2) is 0 Å². The van der Waals surface area contributed by atoms with Gasteiger partial charge in [0, 0.05) is 19.0 Å². The quantitative estimate of drug-likeness (QED) is 0.859. The predicted molar refractivity (Wildman–Crippen MR) is 77.7 cm³/mol. The average molecular weight is 264 g/mol. The van der Waals surface area contributed by atoms with Gasteiger partial charge in [0.2, 0.25) is 0 Å². The van der Waals surface area contributed by atoms with Gasteiger partial charge in [-0.05, 0) is 30.6 Å². The molecule has 0 bridgehead atoms. The monoisotopic (exact) mass is 264 g/mol. The number of nitrogens with zero attached hydrogens (tertiary/aromatic N) is 3. The number of nitrogens with two attached hydrogens (primary N) is 1. The van der Waals surface area contributed by atoms with E-state index < -0.39 is 0 Å². The summed E-state index contributed by atoms with van der Waals surface area (Å²) in [4.78, 5) is 4.39. The van der Waals surface area contributed by atoms with Crippen molar-refractivity contribution >= 4 is 0 Å². The fourth-order valence-corrected chi connectivity index (χ4v) is 3.20. The molecule has 2 N–H and O–H groups in total. The van der Waals surface area contributed by atoms with Gasteiger partial charge in [-0.15, -0.1) is 0 Å². The summed E-state index contributed by atoms with van der Waals surface area (Å²) in [6.45, 7) is 7.63. The highest BCUT2D eigenvalue weighted by atomic mass is 15.3. The summed E-state index contributed by atoms with van der Waals surface area (Å²) in [6.07, 6.45) is 7.77. The first-order valence-electron chi connectivity index (χ1n) is 7.72. The van der Waals surface area contributed by atoms with Gasteiger partial charge in [-0.25, -0.2) is 9.67 Å². The van der Waals surface area contributed by atoms with Crippen LogP contribution in [0.2, 0.25) is 0 Å². The van der Waals surface area contributed by atoms with Crippen molar-refractivity contribution < 1.29 is 0 Å². The summed E-state index contributed by atoms with van der Waals surface area (Å²) in [5, 5.41) is 4.32. The van der Waals surface area contributed by atoms with Crippen LogP contribution in [0.3, 0.4) is 0 Å². The van der Waals surface area contributed by atoms with Crippen molar-refractivity contribution in [2.24, 2.45) is 23.5 Å². The lowest BCUT2D eigenvalue weighted by molar-refractivity contribution is 0.387. The molecular weight excluding hydrogens is 236 g/mol. The molecule has 1 saturated carbocycles. The summed E-state index contributed by atoms with van der Waals surface area (Å²) < 4.78 is 2.02. The highest BCUT2D eigenvalue weighted by molar-refractivity contribution is 4.93. The molecule has 0 saturated heterocycles. The molecule has 3 atom stereocenters. The second-order valence-corrected chi connectivity index (χ2v) is 6.47. The molecule has 19 heavy (non-hydrogen) atoms. The molecule has 1 aliphatic rings. The Hall–Kier alpha value is -0.900. The number of hydrogen-bond acceptors (Lipinski definition) is 3. The molecule has 1 aromatic rings.